The molecule has 9 heteroatoms. The monoisotopic (exact) mass is 567 g/mol. The van der Waals surface area contributed by atoms with Crippen molar-refractivity contribution in [1.82, 2.24) is 24.9 Å². The Morgan fingerprint density at radius 2 is 1.94 bits per heavy atom. The molecule has 0 spiro atoms. The van der Waals surface area contributed by atoms with Gasteiger partial charge < -0.3 is 19.9 Å². The number of aliphatic imine (C=N–C) groups is 1. The molecule has 2 fully saturated rings. The van der Waals surface area contributed by atoms with Crippen LogP contribution >= 0.6 is 24.0 Å². The molecule has 8 nitrogen and oxygen atoms in total. The first kappa shape index (κ1) is 25.8. The van der Waals surface area contributed by atoms with Gasteiger partial charge in [0.05, 0.1) is 19.3 Å². The third-order valence-corrected chi connectivity index (χ3v) is 6.19. The lowest BCUT2D eigenvalue weighted by molar-refractivity contribution is -0.00804. The Hall–Kier alpha value is -1.85. The zero-order valence-electron chi connectivity index (χ0n) is 19.9. The van der Waals surface area contributed by atoms with Gasteiger partial charge in [-0.1, -0.05) is 18.2 Å². The fraction of sp³-hybridized carbons (Fsp3) is 0.583. The fourth-order valence-corrected chi connectivity index (χ4v) is 4.42. The minimum Gasteiger partial charge on any atom is -0.370 e. The van der Waals surface area contributed by atoms with Crippen LogP contribution < -0.4 is 10.2 Å². The highest BCUT2D eigenvalue weighted by Crippen LogP contribution is 2.21. The van der Waals surface area contributed by atoms with E-state index in [0.29, 0.717) is 6.61 Å². The number of ether oxygens (including phenoxy) is 1. The summed E-state index contributed by atoms with van der Waals surface area (Å²) in [5, 5.41) is 7.76. The van der Waals surface area contributed by atoms with E-state index < -0.39 is 0 Å². The van der Waals surface area contributed by atoms with Crippen molar-refractivity contribution in [3.8, 4) is 0 Å². The fourth-order valence-electron chi connectivity index (χ4n) is 4.42. The van der Waals surface area contributed by atoms with Crippen molar-refractivity contribution in [2.45, 2.75) is 19.4 Å². The summed E-state index contributed by atoms with van der Waals surface area (Å²) in [4.78, 5) is 12.3. The van der Waals surface area contributed by atoms with Gasteiger partial charge in [-0.05, 0) is 25.5 Å². The zero-order valence-corrected chi connectivity index (χ0v) is 22.2. The van der Waals surface area contributed by atoms with Gasteiger partial charge in [0.2, 0.25) is 0 Å². The Balaban J connectivity index is 0.00000306. The molecule has 1 aromatic carbocycles. The van der Waals surface area contributed by atoms with Gasteiger partial charge in [-0.3, -0.25) is 14.6 Å². The summed E-state index contributed by atoms with van der Waals surface area (Å²) < 4.78 is 7.82. The van der Waals surface area contributed by atoms with E-state index in [9.17, 15) is 0 Å². The maximum absolute atomic E-state index is 5.99. The molecular formula is C24H38IN7O. The van der Waals surface area contributed by atoms with Crippen LogP contribution in [0.1, 0.15) is 25.0 Å². The maximum atomic E-state index is 5.99. The van der Waals surface area contributed by atoms with Crippen LogP contribution in [0.25, 0.3) is 0 Å². The number of hydrogen-bond donors (Lipinski definition) is 1. The summed E-state index contributed by atoms with van der Waals surface area (Å²) in [6.07, 6.45) is 5.06. The van der Waals surface area contributed by atoms with Gasteiger partial charge in [-0.2, -0.15) is 5.10 Å². The molecule has 3 heterocycles. The molecule has 1 atom stereocenters. The summed E-state index contributed by atoms with van der Waals surface area (Å²) in [6.45, 7) is 11.8. The number of morpholine rings is 1. The van der Waals surface area contributed by atoms with Gasteiger partial charge in [0.15, 0.2) is 5.96 Å². The molecule has 0 saturated carbocycles. The minimum atomic E-state index is 0. The molecule has 0 radical (unpaired) electrons. The van der Waals surface area contributed by atoms with Crippen LogP contribution in [-0.2, 0) is 11.8 Å². The highest BCUT2D eigenvalue weighted by atomic mass is 127. The van der Waals surface area contributed by atoms with Crippen molar-refractivity contribution >= 4 is 35.6 Å². The van der Waals surface area contributed by atoms with E-state index in [1.807, 2.05) is 24.1 Å². The second-order valence-corrected chi connectivity index (χ2v) is 8.51. The zero-order chi connectivity index (χ0) is 22.2. The molecule has 4 rings (SSSR count). The number of rotatable bonds is 7. The Morgan fingerprint density at radius 1 is 1.15 bits per heavy atom. The molecule has 33 heavy (non-hydrogen) atoms. The van der Waals surface area contributed by atoms with Crippen LogP contribution in [0, 0.1) is 0 Å². The molecule has 1 aromatic heterocycles. The highest BCUT2D eigenvalue weighted by Gasteiger charge is 2.25. The second kappa shape index (κ2) is 13.1. The van der Waals surface area contributed by atoms with E-state index in [1.165, 1.54) is 5.69 Å². The molecule has 2 aliphatic rings. The van der Waals surface area contributed by atoms with Crippen molar-refractivity contribution in [2.24, 2.45) is 12.0 Å². The van der Waals surface area contributed by atoms with Crippen LogP contribution in [0.4, 0.5) is 5.69 Å². The number of piperazine rings is 1. The van der Waals surface area contributed by atoms with Crippen molar-refractivity contribution in [3.05, 3.63) is 48.3 Å². The van der Waals surface area contributed by atoms with E-state index in [1.54, 1.807) is 0 Å². The van der Waals surface area contributed by atoms with Gasteiger partial charge in [-0.15, -0.1) is 24.0 Å². The topological polar surface area (TPSA) is 61.2 Å². The normalized spacial score (nSPS) is 19.9. The van der Waals surface area contributed by atoms with E-state index in [2.05, 4.69) is 62.4 Å². The number of guanidine groups is 1. The summed E-state index contributed by atoms with van der Waals surface area (Å²) >= 11 is 0. The van der Waals surface area contributed by atoms with Crippen molar-refractivity contribution in [1.29, 1.82) is 0 Å². The summed E-state index contributed by atoms with van der Waals surface area (Å²) in [6, 6.07) is 10.7. The Kier molecular flexibility index (Phi) is 10.3. The predicted molar refractivity (Wildman–Crippen MR) is 145 cm³/mol. The standard InChI is InChI=1S/C24H37N7O.HI/c1-3-25-24(31-16-17-32-23(20-31)21-18-27-28(2)19-21)26-10-7-11-29-12-14-30(15-13-29)22-8-5-4-6-9-22;/h4-6,8-9,18-19,23H,3,7,10-17,20H2,1-2H3,(H,25,26);1H. The second-order valence-electron chi connectivity index (χ2n) is 8.51. The van der Waals surface area contributed by atoms with Crippen LogP contribution in [0.15, 0.2) is 47.7 Å². The number of para-hydroxylation sites is 1. The number of halogens is 1. The van der Waals surface area contributed by atoms with E-state index in [4.69, 9.17) is 9.73 Å². The lowest BCUT2D eigenvalue weighted by Gasteiger charge is -2.36. The molecule has 2 aliphatic heterocycles. The van der Waals surface area contributed by atoms with Crippen LogP contribution in [0.3, 0.4) is 0 Å². The molecule has 0 amide bonds. The third kappa shape index (κ3) is 7.31. The van der Waals surface area contributed by atoms with Gasteiger partial charge >= 0.3 is 0 Å². The number of benzene rings is 1. The quantitative estimate of drug-likeness (QED) is 0.240. The molecular weight excluding hydrogens is 529 g/mol. The van der Waals surface area contributed by atoms with Crippen LogP contribution in [0.2, 0.25) is 0 Å². The van der Waals surface area contributed by atoms with Crippen molar-refractivity contribution in [2.75, 3.05) is 70.4 Å². The molecule has 1 unspecified atom stereocenters. The van der Waals surface area contributed by atoms with E-state index in [-0.39, 0.29) is 30.1 Å². The lowest BCUT2D eigenvalue weighted by atomic mass is 10.1. The van der Waals surface area contributed by atoms with Gasteiger partial charge in [0.25, 0.3) is 0 Å². The largest absolute Gasteiger partial charge is 0.370 e. The predicted octanol–water partition coefficient (Wildman–Crippen LogP) is 2.59. The Labute approximate surface area is 215 Å². The number of nitrogens with one attached hydrogen (secondary N) is 1. The smallest absolute Gasteiger partial charge is 0.194 e. The van der Waals surface area contributed by atoms with Crippen molar-refractivity contribution in [3.63, 3.8) is 0 Å². The first-order valence-corrected chi connectivity index (χ1v) is 11.9. The summed E-state index contributed by atoms with van der Waals surface area (Å²) in [7, 11) is 1.94. The summed E-state index contributed by atoms with van der Waals surface area (Å²) in [5.41, 5.74) is 2.46. The third-order valence-electron chi connectivity index (χ3n) is 6.19. The minimum absolute atomic E-state index is 0. The van der Waals surface area contributed by atoms with Gasteiger partial charge in [0, 0.05) is 76.9 Å². The Morgan fingerprint density at radius 3 is 2.64 bits per heavy atom. The SMILES string of the molecule is CCNC(=NCCCN1CCN(c2ccccc2)CC1)N1CCOC(c2cnn(C)c2)C1.I. The average molecular weight is 568 g/mol. The van der Waals surface area contributed by atoms with Crippen LogP contribution in [0.5, 0.6) is 0 Å². The van der Waals surface area contributed by atoms with Gasteiger partial charge in [-0.25, -0.2) is 0 Å². The van der Waals surface area contributed by atoms with E-state index >= 15 is 0 Å². The molecule has 1 N–H and O–H groups in total. The number of aromatic nitrogens is 2. The highest BCUT2D eigenvalue weighted by molar-refractivity contribution is 14.0. The van der Waals surface area contributed by atoms with Gasteiger partial charge in [0.1, 0.15) is 6.10 Å². The molecule has 0 aliphatic carbocycles. The summed E-state index contributed by atoms with van der Waals surface area (Å²) in [5.74, 6) is 0.999. The lowest BCUT2D eigenvalue weighted by Crippen LogP contribution is -2.48. The molecule has 2 aromatic rings. The molecule has 182 valence electrons. The molecule has 2 saturated heterocycles. The van der Waals surface area contributed by atoms with Crippen LogP contribution in [-0.4, -0.2) is 91.0 Å². The van der Waals surface area contributed by atoms with E-state index in [0.717, 1.165) is 76.8 Å². The first-order chi connectivity index (χ1) is 15.7. The number of anilines is 1. The molecule has 0 bridgehead atoms. The first-order valence-electron chi connectivity index (χ1n) is 11.9. The number of nitrogens with zero attached hydrogens (tertiary/aromatic N) is 6. The maximum Gasteiger partial charge on any atom is 0.194 e. The average Bonchev–Trinajstić information content (AvgIpc) is 3.28. The Bertz CT molecular complexity index is 852. The number of hydrogen-bond acceptors (Lipinski definition) is 5. The number of aryl methyl sites for hydroxylation is 1. The van der Waals surface area contributed by atoms with Crippen molar-refractivity contribution < 1.29 is 4.74 Å².